The number of rotatable bonds is 16. The SMILES string of the molecule is CCS(=O)(=O)N(Cc1ccc(-c2nnc(C(F)F)o2)cn1)c1cc(F)cc(F)c1.CCS(=O)(=O)N(Cc1ccc(C(=O)CNC(=O)C(F)F)cn1)c1cc(F)cc(F)c1. The van der Waals surface area contributed by atoms with Gasteiger partial charge in [0.15, 0.2) is 5.78 Å². The summed E-state index contributed by atoms with van der Waals surface area (Å²) in [5.74, 6) is -7.70. The van der Waals surface area contributed by atoms with Crippen molar-refractivity contribution in [2.45, 2.75) is 39.8 Å². The van der Waals surface area contributed by atoms with Crippen LogP contribution in [0.15, 0.2) is 77.5 Å². The first-order chi connectivity index (χ1) is 27.7. The van der Waals surface area contributed by atoms with E-state index in [2.05, 4.69) is 20.2 Å². The van der Waals surface area contributed by atoms with E-state index in [0.717, 1.165) is 39.1 Å². The van der Waals surface area contributed by atoms with Crippen LogP contribution in [-0.4, -0.2) is 73.2 Å². The summed E-state index contributed by atoms with van der Waals surface area (Å²) in [6.45, 7) is 1.43. The third-order valence-electron chi connectivity index (χ3n) is 7.75. The number of Topliss-reactive ketones (excluding diaryl/α,β-unsaturated/α-hetero) is 1. The number of halogens is 8. The second-order valence-corrected chi connectivity index (χ2v) is 16.2. The van der Waals surface area contributed by atoms with E-state index in [1.54, 1.807) is 5.32 Å². The second-order valence-electron chi connectivity index (χ2n) is 11.8. The van der Waals surface area contributed by atoms with Crippen LogP contribution >= 0.6 is 0 Å². The molecule has 0 aliphatic carbocycles. The highest BCUT2D eigenvalue weighted by atomic mass is 32.2. The average molecular weight is 878 g/mol. The van der Waals surface area contributed by atoms with Crippen LogP contribution in [0.2, 0.25) is 0 Å². The molecule has 0 aliphatic rings. The first kappa shape index (κ1) is 45.7. The minimum atomic E-state index is -3.92. The lowest BCUT2D eigenvalue weighted by molar-refractivity contribution is -0.131. The Labute approximate surface area is 331 Å². The van der Waals surface area contributed by atoms with Gasteiger partial charge in [-0.1, -0.05) is 0 Å². The lowest BCUT2D eigenvalue weighted by atomic mass is 10.1. The summed E-state index contributed by atoms with van der Waals surface area (Å²) in [5, 5.41) is 8.46. The third kappa shape index (κ3) is 12.5. The summed E-state index contributed by atoms with van der Waals surface area (Å²) >= 11 is 0. The summed E-state index contributed by atoms with van der Waals surface area (Å²) in [6, 6.07) is 10.2. The van der Waals surface area contributed by atoms with Crippen molar-refractivity contribution in [1.29, 1.82) is 0 Å². The van der Waals surface area contributed by atoms with Gasteiger partial charge in [-0.2, -0.15) is 17.6 Å². The molecule has 1 N–H and O–H groups in total. The van der Waals surface area contributed by atoms with Gasteiger partial charge in [-0.3, -0.25) is 28.2 Å². The van der Waals surface area contributed by atoms with Crippen LogP contribution in [0.4, 0.5) is 46.5 Å². The van der Waals surface area contributed by atoms with Crippen molar-refractivity contribution in [3.63, 3.8) is 0 Å². The van der Waals surface area contributed by atoms with Crippen molar-refractivity contribution < 1.29 is 66.0 Å². The van der Waals surface area contributed by atoms with Crippen molar-refractivity contribution in [3.8, 4) is 11.5 Å². The highest BCUT2D eigenvalue weighted by Gasteiger charge is 2.25. The molecule has 0 spiro atoms. The fourth-order valence-corrected chi connectivity index (χ4v) is 6.92. The van der Waals surface area contributed by atoms with Gasteiger partial charge in [0.1, 0.15) is 23.3 Å². The predicted octanol–water partition coefficient (Wildman–Crippen LogP) is 5.98. The molecular weight excluding hydrogens is 847 g/mol. The van der Waals surface area contributed by atoms with Crippen LogP contribution < -0.4 is 13.9 Å². The molecule has 0 bridgehead atoms. The van der Waals surface area contributed by atoms with E-state index in [1.165, 1.54) is 44.3 Å². The molecule has 5 rings (SSSR count). The molecule has 24 heteroatoms. The topological polar surface area (TPSA) is 186 Å². The molecule has 2 aromatic carbocycles. The molecule has 0 saturated carbocycles. The van der Waals surface area contributed by atoms with Crippen molar-refractivity contribution in [3.05, 3.63) is 119 Å². The maximum absolute atomic E-state index is 13.6. The number of nitrogens with zero attached hydrogens (tertiary/aromatic N) is 6. The molecule has 0 aliphatic heterocycles. The number of carbonyl (C=O) groups is 2. The van der Waals surface area contributed by atoms with Crippen LogP contribution in [0.3, 0.4) is 0 Å². The standard InChI is InChI=1S/C18H17F4N3O4S.C17H14F4N4O3S/c1-2-30(28,29)25(15-6-12(19)5-13(20)7-15)10-14-4-3-11(8-23-14)16(26)9-24-18(27)17(21)22;1-2-29(26,27)25(14-6-11(18)5-12(19)7-14)9-13-4-3-10(8-22-13)16-23-24-17(28-16)15(20)21/h3-8,17H,2,9-10H2,1H3,(H,24,27);3-8,15H,2,9H2,1H3. The minimum absolute atomic E-state index is 0.00462. The molecule has 3 heterocycles. The van der Waals surface area contributed by atoms with Gasteiger partial charge in [-0.05, 0) is 62.4 Å². The number of ketones is 1. The number of hydrogen-bond acceptors (Lipinski definition) is 11. The molecule has 0 radical (unpaired) electrons. The summed E-state index contributed by atoms with van der Waals surface area (Å²) in [4.78, 5) is 30.7. The van der Waals surface area contributed by atoms with Gasteiger partial charge < -0.3 is 9.73 Å². The number of aromatic nitrogens is 4. The van der Waals surface area contributed by atoms with Crippen LogP contribution in [0.25, 0.3) is 11.5 Å². The molecule has 5 aromatic rings. The molecule has 14 nitrogen and oxygen atoms in total. The Morgan fingerprint density at radius 1 is 0.695 bits per heavy atom. The lowest BCUT2D eigenvalue weighted by Gasteiger charge is -2.23. The Morgan fingerprint density at radius 2 is 1.17 bits per heavy atom. The smallest absolute Gasteiger partial charge is 0.315 e. The first-order valence-corrected chi connectivity index (χ1v) is 20.0. The van der Waals surface area contributed by atoms with Gasteiger partial charge in [-0.15, -0.1) is 10.2 Å². The zero-order chi connectivity index (χ0) is 43.7. The monoisotopic (exact) mass is 877 g/mol. The number of sulfonamides is 2. The van der Waals surface area contributed by atoms with E-state index in [9.17, 15) is 61.5 Å². The maximum atomic E-state index is 13.6. The number of amides is 1. The van der Waals surface area contributed by atoms with Gasteiger partial charge in [0.25, 0.3) is 11.8 Å². The Hall–Kier alpha value is -6.04. The summed E-state index contributed by atoms with van der Waals surface area (Å²) in [5.41, 5.74) is 0.221. The van der Waals surface area contributed by atoms with Crippen molar-refractivity contribution >= 4 is 43.1 Å². The van der Waals surface area contributed by atoms with Gasteiger partial charge in [0, 0.05) is 30.1 Å². The number of hydrogen-bond donors (Lipinski definition) is 1. The highest BCUT2D eigenvalue weighted by molar-refractivity contribution is 7.93. The second kappa shape index (κ2) is 19.6. The fourth-order valence-electron chi connectivity index (χ4n) is 4.79. The minimum Gasteiger partial charge on any atom is -0.415 e. The molecule has 1 amide bonds. The Morgan fingerprint density at radius 3 is 1.54 bits per heavy atom. The molecule has 3 aromatic heterocycles. The molecule has 0 unspecified atom stereocenters. The van der Waals surface area contributed by atoms with E-state index in [0.29, 0.717) is 12.1 Å². The first-order valence-electron chi connectivity index (χ1n) is 16.8. The van der Waals surface area contributed by atoms with E-state index in [4.69, 9.17) is 4.42 Å². The van der Waals surface area contributed by atoms with E-state index in [-0.39, 0.29) is 64.4 Å². The summed E-state index contributed by atoms with van der Waals surface area (Å²) in [6.07, 6.45) is -3.85. The number of anilines is 2. The Bertz CT molecular complexity index is 2440. The predicted molar refractivity (Wildman–Crippen MR) is 194 cm³/mol. The van der Waals surface area contributed by atoms with Crippen LogP contribution in [-0.2, 0) is 37.9 Å². The summed E-state index contributed by atoms with van der Waals surface area (Å²) < 4.78 is 160. The van der Waals surface area contributed by atoms with Gasteiger partial charge >= 0.3 is 12.9 Å². The van der Waals surface area contributed by atoms with Gasteiger partial charge in [0.05, 0.1) is 59.5 Å². The maximum Gasteiger partial charge on any atom is 0.315 e. The van der Waals surface area contributed by atoms with E-state index in [1.807, 2.05) is 0 Å². The normalized spacial score (nSPS) is 11.6. The highest BCUT2D eigenvalue weighted by Crippen LogP contribution is 2.27. The molecular formula is C35H31F8N7O7S2. The molecule has 316 valence electrons. The zero-order valence-corrected chi connectivity index (χ0v) is 32.1. The Kier molecular flexibility index (Phi) is 15.2. The van der Waals surface area contributed by atoms with Crippen molar-refractivity contribution in [1.82, 2.24) is 25.5 Å². The molecule has 0 atom stereocenters. The number of pyridine rings is 2. The van der Waals surface area contributed by atoms with Crippen LogP contribution in [0.1, 0.15) is 47.9 Å². The average Bonchev–Trinajstić information content (AvgIpc) is 3.69. The van der Waals surface area contributed by atoms with Gasteiger partial charge in [-0.25, -0.2) is 34.4 Å². The van der Waals surface area contributed by atoms with Crippen molar-refractivity contribution in [2.75, 3.05) is 26.7 Å². The fraction of sp³-hybridized carbons (Fsp3) is 0.257. The van der Waals surface area contributed by atoms with Crippen molar-refractivity contribution in [2.24, 2.45) is 0 Å². The molecule has 0 saturated heterocycles. The van der Waals surface area contributed by atoms with E-state index < -0.39 is 80.3 Å². The van der Waals surface area contributed by atoms with Crippen LogP contribution in [0.5, 0.6) is 0 Å². The zero-order valence-electron chi connectivity index (χ0n) is 30.5. The Balaban J connectivity index is 0.000000261. The number of carbonyl (C=O) groups excluding carboxylic acids is 2. The number of benzene rings is 2. The quantitative estimate of drug-likeness (QED) is 0.0908. The summed E-state index contributed by atoms with van der Waals surface area (Å²) in [7, 11) is -7.80. The number of nitrogens with one attached hydrogen (secondary N) is 1. The largest absolute Gasteiger partial charge is 0.415 e. The third-order valence-corrected chi connectivity index (χ3v) is 11.2. The molecule has 0 fully saturated rings. The lowest BCUT2D eigenvalue weighted by Crippen LogP contribution is -2.34. The van der Waals surface area contributed by atoms with Crippen LogP contribution in [0, 0.1) is 23.3 Å². The molecule has 59 heavy (non-hydrogen) atoms. The number of alkyl halides is 4. The van der Waals surface area contributed by atoms with Gasteiger partial charge in [0.2, 0.25) is 25.9 Å². The van der Waals surface area contributed by atoms with E-state index >= 15 is 0 Å².